The van der Waals surface area contributed by atoms with E-state index in [4.69, 9.17) is 4.74 Å². The van der Waals surface area contributed by atoms with Crippen molar-refractivity contribution in [1.82, 2.24) is 24.6 Å². The van der Waals surface area contributed by atoms with E-state index in [1.54, 1.807) is 19.5 Å². The van der Waals surface area contributed by atoms with Gasteiger partial charge in [0.25, 0.3) is 0 Å². The number of hydrogen-bond donors (Lipinski definition) is 0. The number of carbonyl (C=O) groups is 1. The highest BCUT2D eigenvalue weighted by Gasteiger charge is 2.26. The normalized spacial score (nSPS) is 16.3. The maximum absolute atomic E-state index is 13.0. The molecule has 1 fully saturated rings. The molecule has 0 saturated carbocycles. The van der Waals surface area contributed by atoms with Crippen LogP contribution in [-0.2, 0) is 4.79 Å². The predicted octanol–water partition coefficient (Wildman–Crippen LogP) is 4.22. The second-order valence-electron chi connectivity index (χ2n) is 7.52. The first-order valence-corrected chi connectivity index (χ1v) is 11.6. The Balaban J connectivity index is 1.63. The van der Waals surface area contributed by atoms with Crippen LogP contribution in [0.2, 0.25) is 0 Å². The number of piperidine rings is 1. The molecule has 0 N–H and O–H groups in total. The van der Waals surface area contributed by atoms with Crippen LogP contribution in [0.25, 0.3) is 17.1 Å². The summed E-state index contributed by atoms with van der Waals surface area (Å²) in [7, 11) is 1.64. The molecule has 1 aromatic carbocycles. The van der Waals surface area contributed by atoms with Crippen LogP contribution in [0.1, 0.15) is 32.6 Å². The van der Waals surface area contributed by atoms with Crippen LogP contribution in [0.15, 0.2) is 53.9 Å². The molecule has 8 heteroatoms. The fourth-order valence-electron chi connectivity index (χ4n) is 3.99. The third-order valence-electron chi connectivity index (χ3n) is 5.61. The second kappa shape index (κ2) is 9.96. The fraction of sp³-hybridized carbons (Fsp3) is 0.391. The van der Waals surface area contributed by atoms with Gasteiger partial charge in [-0.2, -0.15) is 0 Å². The van der Waals surface area contributed by atoms with Gasteiger partial charge in [0.2, 0.25) is 5.91 Å². The van der Waals surface area contributed by atoms with Crippen LogP contribution in [0, 0.1) is 0 Å². The number of likely N-dealkylation sites (tertiary alicyclic amines) is 1. The van der Waals surface area contributed by atoms with E-state index >= 15 is 0 Å². The van der Waals surface area contributed by atoms with Crippen molar-refractivity contribution >= 4 is 17.7 Å². The monoisotopic (exact) mass is 437 g/mol. The zero-order chi connectivity index (χ0) is 21.6. The molecule has 3 aromatic rings. The van der Waals surface area contributed by atoms with E-state index < -0.39 is 0 Å². The van der Waals surface area contributed by atoms with Gasteiger partial charge >= 0.3 is 0 Å². The molecule has 0 unspecified atom stereocenters. The van der Waals surface area contributed by atoms with Crippen LogP contribution in [-0.4, -0.2) is 56.0 Å². The lowest BCUT2D eigenvalue weighted by Crippen LogP contribution is -2.44. The molecule has 2 aromatic heterocycles. The first kappa shape index (κ1) is 21.4. The summed E-state index contributed by atoms with van der Waals surface area (Å²) in [5, 5.41) is 9.52. The van der Waals surface area contributed by atoms with E-state index in [2.05, 4.69) is 22.1 Å². The van der Waals surface area contributed by atoms with Gasteiger partial charge in [0.1, 0.15) is 5.75 Å². The average Bonchev–Trinajstić information content (AvgIpc) is 3.27. The molecular weight excluding hydrogens is 410 g/mol. The zero-order valence-electron chi connectivity index (χ0n) is 17.9. The number of carbonyl (C=O) groups excluding carboxylic acids is 1. The van der Waals surface area contributed by atoms with E-state index in [1.807, 2.05) is 45.9 Å². The van der Waals surface area contributed by atoms with Crippen LogP contribution >= 0.6 is 11.8 Å². The van der Waals surface area contributed by atoms with Gasteiger partial charge < -0.3 is 9.64 Å². The van der Waals surface area contributed by atoms with Gasteiger partial charge in [0.05, 0.1) is 18.6 Å². The highest BCUT2D eigenvalue weighted by atomic mass is 32.2. The predicted molar refractivity (Wildman–Crippen MR) is 122 cm³/mol. The topological polar surface area (TPSA) is 73.1 Å². The number of ether oxygens (including phenoxy) is 1. The average molecular weight is 438 g/mol. The van der Waals surface area contributed by atoms with Gasteiger partial charge in [-0.15, -0.1) is 10.2 Å². The minimum atomic E-state index is 0.166. The van der Waals surface area contributed by atoms with Gasteiger partial charge in [-0.3, -0.25) is 14.3 Å². The molecule has 3 heterocycles. The van der Waals surface area contributed by atoms with E-state index in [-0.39, 0.29) is 5.91 Å². The Bertz CT molecular complexity index is 1020. The Morgan fingerprint density at radius 3 is 2.90 bits per heavy atom. The molecule has 0 aliphatic carbocycles. The first-order valence-electron chi connectivity index (χ1n) is 10.6. The summed E-state index contributed by atoms with van der Waals surface area (Å²) in [5.74, 6) is 1.93. The van der Waals surface area contributed by atoms with Crippen molar-refractivity contribution < 1.29 is 9.53 Å². The quantitative estimate of drug-likeness (QED) is 0.515. The summed E-state index contributed by atoms with van der Waals surface area (Å²) < 4.78 is 7.37. The Morgan fingerprint density at radius 2 is 2.13 bits per heavy atom. The smallest absolute Gasteiger partial charge is 0.233 e. The largest absolute Gasteiger partial charge is 0.497 e. The molecule has 162 valence electrons. The van der Waals surface area contributed by atoms with E-state index in [1.165, 1.54) is 18.2 Å². The molecule has 4 rings (SSSR count). The summed E-state index contributed by atoms with van der Waals surface area (Å²) >= 11 is 1.42. The Morgan fingerprint density at radius 1 is 1.23 bits per heavy atom. The molecule has 7 nitrogen and oxygen atoms in total. The Kier molecular flexibility index (Phi) is 6.86. The van der Waals surface area contributed by atoms with E-state index in [9.17, 15) is 4.79 Å². The summed E-state index contributed by atoms with van der Waals surface area (Å²) in [6.45, 7) is 3.00. The van der Waals surface area contributed by atoms with Crippen molar-refractivity contribution in [2.24, 2.45) is 0 Å². The van der Waals surface area contributed by atoms with Gasteiger partial charge in [0.15, 0.2) is 11.0 Å². The molecule has 1 saturated heterocycles. The number of amides is 1. The Labute approximate surface area is 186 Å². The van der Waals surface area contributed by atoms with Crippen LogP contribution in [0.4, 0.5) is 0 Å². The fourth-order valence-corrected chi connectivity index (χ4v) is 4.83. The number of hydrogen-bond acceptors (Lipinski definition) is 6. The maximum Gasteiger partial charge on any atom is 0.233 e. The van der Waals surface area contributed by atoms with Gasteiger partial charge in [-0.25, -0.2) is 0 Å². The SMILES string of the molecule is CC[C@H]1CCCCN1C(=O)CSc1nnc(-c2cccnc2)n1-c1cccc(OC)c1. The number of nitrogens with zero attached hydrogens (tertiary/aromatic N) is 5. The number of aromatic nitrogens is 4. The second-order valence-corrected chi connectivity index (χ2v) is 8.46. The van der Waals surface area contributed by atoms with Crippen molar-refractivity contribution in [1.29, 1.82) is 0 Å². The maximum atomic E-state index is 13.0. The minimum Gasteiger partial charge on any atom is -0.497 e. The van der Waals surface area contributed by atoms with E-state index in [0.29, 0.717) is 22.8 Å². The summed E-state index contributed by atoms with van der Waals surface area (Å²) in [6, 6.07) is 11.9. The number of methoxy groups -OCH3 is 1. The zero-order valence-corrected chi connectivity index (χ0v) is 18.7. The van der Waals surface area contributed by atoms with Crippen LogP contribution < -0.4 is 4.74 Å². The number of thioether (sulfide) groups is 1. The van der Waals surface area contributed by atoms with Crippen LogP contribution in [0.3, 0.4) is 0 Å². The number of benzene rings is 1. The van der Waals surface area contributed by atoms with Crippen molar-refractivity contribution in [3.05, 3.63) is 48.8 Å². The number of rotatable bonds is 7. The van der Waals surface area contributed by atoms with Crippen LogP contribution in [0.5, 0.6) is 5.75 Å². The summed E-state index contributed by atoms with van der Waals surface area (Å²) in [6.07, 6.45) is 7.87. The third-order valence-corrected chi connectivity index (χ3v) is 6.52. The molecule has 1 amide bonds. The minimum absolute atomic E-state index is 0.166. The van der Waals surface area contributed by atoms with Gasteiger partial charge in [0, 0.05) is 36.6 Å². The third kappa shape index (κ3) is 4.74. The van der Waals surface area contributed by atoms with Gasteiger partial charge in [-0.05, 0) is 49.9 Å². The first-order chi connectivity index (χ1) is 15.2. The highest BCUT2D eigenvalue weighted by molar-refractivity contribution is 7.99. The molecule has 31 heavy (non-hydrogen) atoms. The van der Waals surface area contributed by atoms with E-state index in [0.717, 1.165) is 42.8 Å². The van der Waals surface area contributed by atoms with Gasteiger partial charge in [-0.1, -0.05) is 24.8 Å². The molecule has 1 atom stereocenters. The molecule has 0 radical (unpaired) electrons. The molecule has 1 aliphatic rings. The standard InChI is InChI=1S/C23H27N5O2S/c1-3-18-9-4-5-13-27(18)21(29)16-31-23-26-25-22(17-8-7-12-24-15-17)28(23)19-10-6-11-20(14-19)30-2/h6-8,10-12,14-15,18H,3-5,9,13,16H2,1-2H3/t18-/m0/s1. The Hall–Kier alpha value is -2.87. The highest BCUT2D eigenvalue weighted by Crippen LogP contribution is 2.30. The summed E-state index contributed by atoms with van der Waals surface area (Å²) in [5.41, 5.74) is 1.74. The van der Waals surface area contributed by atoms with Crippen molar-refractivity contribution in [3.63, 3.8) is 0 Å². The lowest BCUT2D eigenvalue weighted by Gasteiger charge is -2.35. The molecule has 0 spiro atoms. The van der Waals surface area contributed by atoms with Crippen molar-refractivity contribution in [2.45, 2.75) is 43.8 Å². The van der Waals surface area contributed by atoms with Crippen molar-refractivity contribution in [2.75, 3.05) is 19.4 Å². The molecular formula is C23H27N5O2S. The lowest BCUT2D eigenvalue weighted by molar-refractivity contribution is -0.132. The van der Waals surface area contributed by atoms with Crippen molar-refractivity contribution in [3.8, 4) is 22.8 Å². The molecule has 1 aliphatic heterocycles. The lowest BCUT2D eigenvalue weighted by atomic mass is 10.0. The molecule has 0 bridgehead atoms. The summed E-state index contributed by atoms with van der Waals surface area (Å²) in [4.78, 5) is 19.2. The number of pyridine rings is 1.